The molecule has 0 aliphatic heterocycles. The molecule has 0 radical (unpaired) electrons. The second kappa shape index (κ2) is 10.0. The highest BCUT2D eigenvalue weighted by atomic mass is 32.2. The van der Waals surface area contributed by atoms with Gasteiger partial charge in [0.15, 0.2) is 0 Å². The Bertz CT molecular complexity index is 1360. The fourth-order valence-corrected chi connectivity index (χ4v) is 5.23. The molecule has 164 valence electrons. The summed E-state index contributed by atoms with van der Waals surface area (Å²) in [6, 6.07) is 24.2. The van der Waals surface area contributed by atoms with Crippen LogP contribution in [0.5, 0.6) is 0 Å². The summed E-state index contributed by atoms with van der Waals surface area (Å²) in [5.74, 6) is 0.687. The molecule has 0 unspecified atom stereocenters. The molecule has 0 atom stereocenters. The topological polar surface area (TPSA) is 59.8 Å². The molecular weight excluding hydrogens is 448 g/mol. The third kappa shape index (κ3) is 5.16. The van der Waals surface area contributed by atoms with Crippen molar-refractivity contribution in [2.75, 3.05) is 0 Å². The lowest BCUT2D eigenvalue weighted by atomic mass is 10.1. The van der Waals surface area contributed by atoms with Gasteiger partial charge in [-0.05, 0) is 35.4 Å². The summed E-state index contributed by atoms with van der Waals surface area (Å²) in [4.78, 5) is 22.6. The molecule has 5 rings (SSSR count). The first-order chi connectivity index (χ1) is 16.3. The molecule has 33 heavy (non-hydrogen) atoms. The van der Waals surface area contributed by atoms with Crippen molar-refractivity contribution in [1.29, 1.82) is 0 Å². The number of benzene rings is 3. The molecule has 1 amide bonds. The molecule has 0 saturated heterocycles. The number of carbonyl (C=O) groups is 1. The Morgan fingerprint density at radius 3 is 2.58 bits per heavy atom. The van der Waals surface area contributed by atoms with Crippen LogP contribution in [0.3, 0.4) is 0 Å². The maximum absolute atomic E-state index is 12.9. The van der Waals surface area contributed by atoms with Gasteiger partial charge in [0.1, 0.15) is 0 Å². The van der Waals surface area contributed by atoms with E-state index in [1.54, 1.807) is 23.1 Å². The van der Waals surface area contributed by atoms with E-state index in [2.05, 4.69) is 50.2 Å². The van der Waals surface area contributed by atoms with E-state index >= 15 is 0 Å². The molecule has 0 spiro atoms. The number of nitrogens with one attached hydrogen (secondary N) is 1. The third-order valence-electron chi connectivity index (χ3n) is 5.35. The summed E-state index contributed by atoms with van der Waals surface area (Å²) in [6.07, 6.45) is 1.88. The standard InChI is InChI=1S/C26H22N4OS2/c31-26(22-5-1-4-8-25(22)33-16-21-15-32-18-29-21)27-13-19-9-11-20(12-10-19)14-30-17-28-23-6-2-3-7-24(23)30/h1-12,15,17-18H,13-14,16H2,(H,27,31). The summed E-state index contributed by atoms with van der Waals surface area (Å²) in [7, 11) is 0. The van der Waals surface area contributed by atoms with E-state index < -0.39 is 0 Å². The smallest absolute Gasteiger partial charge is 0.252 e. The van der Waals surface area contributed by atoms with Gasteiger partial charge < -0.3 is 9.88 Å². The summed E-state index contributed by atoms with van der Waals surface area (Å²) >= 11 is 3.22. The van der Waals surface area contributed by atoms with E-state index in [9.17, 15) is 4.79 Å². The van der Waals surface area contributed by atoms with Crippen LogP contribution >= 0.6 is 23.1 Å². The number of aromatic nitrogens is 3. The minimum Gasteiger partial charge on any atom is -0.348 e. The second-order valence-corrected chi connectivity index (χ2v) is 9.36. The van der Waals surface area contributed by atoms with Crippen LogP contribution in [-0.4, -0.2) is 20.4 Å². The van der Waals surface area contributed by atoms with Gasteiger partial charge in [-0.15, -0.1) is 23.1 Å². The number of imidazole rings is 1. The van der Waals surface area contributed by atoms with Crippen LogP contribution in [0.4, 0.5) is 0 Å². The number of carbonyl (C=O) groups excluding carboxylic acids is 1. The number of thioether (sulfide) groups is 1. The van der Waals surface area contributed by atoms with Gasteiger partial charge in [-0.1, -0.05) is 48.5 Å². The van der Waals surface area contributed by atoms with Crippen molar-refractivity contribution < 1.29 is 4.79 Å². The predicted molar refractivity (Wildman–Crippen MR) is 135 cm³/mol. The van der Waals surface area contributed by atoms with Crippen LogP contribution in [0, 0.1) is 0 Å². The van der Waals surface area contributed by atoms with Gasteiger partial charge in [0, 0.05) is 29.1 Å². The molecule has 0 bridgehead atoms. The molecule has 2 heterocycles. The quantitative estimate of drug-likeness (QED) is 0.293. The Morgan fingerprint density at radius 1 is 0.939 bits per heavy atom. The van der Waals surface area contributed by atoms with Gasteiger partial charge in [0.25, 0.3) is 5.91 Å². The normalized spacial score (nSPS) is 11.0. The first-order valence-corrected chi connectivity index (χ1v) is 12.5. The first kappa shape index (κ1) is 21.4. The second-order valence-electron chi connectivity index (χ2n) is 7.62. The van der Waals surface area contributed by atoms with E-state index in [0.29, 0.717) is 12.1 Å². The summed E-state index contributed by atoms with van der Waals surface area (Å²) in [5.41, 5.74) is 7.94. The van der Waals surface area contributed by atoms with Crippen molar-refractivity contribution in [1.82, 2.24) is 19.9 Å². The molecule has 3 aromatic carbocycles. The maximum atomic E-state index is 12.9. The van der Waals surface area contributed by atoms with Crippen LogP contribution in [0.2, 0.25) is 0 Å². The fraction of sp³-hybridized carbons (Fsp3) is 0.115. The van der Waals surface area contributed by atoms with Crippen molar-refractivity contribution in [3.63, 3.8) is 0 Å². The average molecular weight is 471 g/mol. The van der Waals surface area contributed by atoms with Crippen molar-refractivity contribution in [3.05, 3.63) is 112 Å². The number of amides is 1. The van der Waals surface area contributed by atoms with Gasteiger partial charge in [-0.3, -0.25) is 4.79 Å². The van der Waals surface area contributed by atoms with Crippen molar-refractivity contribution in [2.45, 2.75) is 23.7 Å². The summed E-state index contributed by atoms with van der Waals surface area (Å²) < 4.78 is 2.15. The number of fused-ring (bicyclic) bond motifs is 1. The van der Waals surface area contributed by atoms with Crippen molar-refractivity contribution in [3.8, 4) is 0 Å². The van der Waals surface area contributed by atoms with E-state index in [4.69, 9.17) is 0 Å². The monoisotopic (exact) mass is 470 g/mol. The molecule has 7 heteroatoms. The van der Waals surface area contributed by atoms with Crippen LogP contribution < -0.4 is 5.32 Å². The number of rotatable bonds is 8. The zero-order valence-electron chi connectivity index (χ0n) is 17.8. The minimum absolute atomic E-state index is 0.0645. The SMILES string of the molecule is O=C(NCc1ccc(Cn2cnc3ccccc32)cc1)c1ccccc1SCc1cscn1. The van der Waals surface area contributed by atoms with E-state index in [1.165, 1.54) is 5.56 Å². The zero-order valence-corrected chi connectivity index (χ0v) is 19.5. The maximum Gasteiger partial charge on any atom is 0.252 e. The Balaban J connectivity index is 1.20. The van der Waals surface area contributed by atoms with Crippen LogP contribution in [0.1, 0.15) is 27.2 Å². The Morgan fingerprint density at radius 2 is 1.73 bits per heavy atom. The Hall–Kier alpha value is -3.42. The van der Waals surface area contributed by atoms with Gasteiger partial charge in [0.05, 0.1) is 34.1 Å². The number of hydrogen-bond donors (Lipinski definition) is 1. The van der Waals surface area contributed by atoms with Gasteiger partial charge in [0.2, 0.25) is 0 Å². The number of para-hydroxylation sites is 2. The van der Waals surface area contributed by atoms with Crippen LogP contribution in [-0.2, 0) is 18.8 Å². The molecule has 1 N–H and O–H groups in total. The average Bonchev–Trinajstić information content (AvgIpc) is 3.53. The van der Waals surface area contributed by atoms with E-state index in [1.807, 2.05) is 59.7 Å². The van der Waals surface area contributed by atoms with Crippen LogP contribution in [0.25, 0.3) is 11.0 Å². The van der Waals surface area contributed by atoms with Gasteiger partial charge >= 0.3 is 0 Å². The Labute approximate surface area is 200 Å². The summed E-state index contributed by atoms with van der Waals surface area (Å²) in [5, 5.41) is 5.09. The largest absolute Gasteiger partial charge is 0.348 e. The highest BCUT2D eigenvalue weighted by molar-refractivity contribution is 7.98. The minimum atomic E-state index is -0.0645. The predicted octanol–water partition coefficient (Wildman–Crippen LogP) is 5.76. The van der Waals surface area contributed by atoms with Gasteiger partial charge in [-0.25, -0.2) is 9.97 Å². The number of hydrogen-bond acceptors (Lipinski definition) is 5. The van der Waals surface area contributed by atoms with E-state index in [0.717, 1.165) is 39.5 Å². The highest BCUT2D eigenvalue weighted by Crippen LogP contribution is 2.26. The van der Waals surface area contributed by atoms with Crippen molar-refractivity contribution in [2.24, 2.45) is 0 Å². The summed E-state index contributed by atoms with van der Waals surface area (Å²) in [6.45, 7) is 1.24. The first-order valence-electron chi connectivity index (χ1n) is 10.6. The molecule has 0 aliphatic carbocycles. The van der Waals surface area contributed by atoms with Crippen LogP contribution in [0.15, 0.2) is 94.9 Å². The lowest BCUT2D eigenvalue weighted by molar-refractivity contribution is 0.0948. The molecule has 0 saturated carbocycles. The van der Waals surface area contributed by atoms with Crippen molar-refractivity contribution >= 4 is 40.0 Å². The number of nitrogens with zero attached hydrogens (tertiary/aromatic N) is 3. The highest BCUT2D eigenvalue weighted by Gasteiger charge is 2.12. The van der Waals surface area contributed by atoms with E-state index in [-0.39, 0.29) is 5.91 Å². The van der Waals surface area contributed by atoms with Gasteiger partial charge in [-0.2, -0.15) is 0 Å². The molecule has 0 aliphatic rings. The molecule has 5 nitrogen and oxygen atoms in total. The molecular formula is C26H22N4OS2. The Kier molecular flexibility index (Phi) is 6.51. The lowest BCUT2D eigenvalue weighted by Crippen LogP contribution is -2.23. The number of thiazole rings is 1. The third-order valence-corrected chi connectivity index (χ3v) is 7.09. The molecule has 2 aromatic heterocycles. The molecule has 5 aromatic rings. The lowest BCUT2D eigenvalue weighted by Gasteiger charge is -2.10. The molecule has 0 fully saturated rings. The zero-order chi connectivity index (χ0) is 22.5. The fourth-order valence-electron chi connectivity index (χ4n) is 3.61.